The average Bonchev–Trinajstić information content (AvgIpc) is 2.59. The van der Waals surface area contributed by atoms with E-state index in [1.165, 1.54) is 0 Å². The third-order valence-electron chi connectivity index (χ3n) is 4.53. The second kappa shape index (κ2) is 6.97. The molecular formula is C16H24NO5S4. The fourth-order valence-electron chi connectivity index (χ4n) is 3.23. The highest BCUT2D eigenvalue weighted by atomic mass is 33.1. The first kappa shape index (κ1) is 22.0. The molecule has 0 aliphatic carbocycles. The van der Waals surface area contributed by atoms with Crippen LogP contribution >= 0.6 is 21.6 Å². The molecule has 0 fully saturated rings. The van der Waals surface area contributed by atoms with Gasteiger partial charge in [-0.2, -0.15) is 0 Å². The second-order valence-electron chi connectivity index (χ2n) is 7.51. The maximum absolute atomic E-state index is 12.8. The molecule has 0 bridgehead atoms. The van der Waals surface area contributed by atoms with Crippen molar-refractivity contribution in [3.63, 3.8) is 0 Å². The number of hydrogen-bond acceptors (Lipinski definition) is 7. The van der Waals surface area contributed by atoms with Crippen molar-refractivity contribution in [2.45, 2.75) is 50.3 Å². The largest absolute Gasteiger partial charge is 0.218 e. The predicted octanol–water partition coefficient (Wildman–Crippen LogP) is 3.20. The van der Waals surface area contributed by atoms with E-state index in [-0.39, 0.29) is 11.5 Å². The molecule has 1 aromatic carbocycles. The van der Waals surface area contributed by atoms with Crippen LogP contribution in [0.3, 0.4) is 0 Å². The van der Waals surface area contributed by atoms with Gasteiger partial charge in [0.05, 0.1) is 11.1 Å². The molecule has 26 heavy (non-hydrogen) atoms. The van der Waals surface area contributed by atoms with E-state index in [1.54, 1.807) is 0 Å². The van der Waals surface area contributed by atoms with Crippen molar-refractivity contribution < 1.29 is 22.0 Å². The number of rotatable bonds is 6. The van der Waals surface area contributed by atoms with Gasteiger partial charge in [0.25, 0.3) is 0 Å². The van der Waals surface area contributed by atoms with E-state index in [1.807, 2.05) is 39.8 Å². The van der Waals surface area contributed by atoms with Crippen LogP contribution in [0, 0.1) is 0 Å². The van der Waals surface area contributed by atoms with Crippen molar-refractivity contribution in [1.82, 2.24) is 5.06 Å². The Labute approximate surface area is 163 Å². The van der Waals surface area contributed by atoms with Gasteiger partial charge in [-0.3, -0.25) is 0 Å². The lowest BCUT2D eigenvalue weighted by Crippen LogP contribution is -2.41. The van der Waals surface area contributed by atoms with Crippen molar-refractivity contribution in [3.05, 3.63) is 34.4 Å². The number of hydroxylamine groups is 2. The third kappa shape index (κ3) is 4.59. The quantitative estimate of drug-likeness (QED) is 0.630. The SMILES string of the molecule is CC1(C)c2cc(CSS(C)(=O)=O)c(CSS(C)(=O)=O)cc2C(C)(C)N1[O]. The van der Waals surface area contributed by atoms with Crippen LogP contribution in [0.4, 0.5) is 0 Å². The molecule has 10 heteroatoms. The maximum atomic E-state index is 12.8. The lowest BCUT2D eigenvalue weighted by molar-refractivity contribution is -0.266. The lowest BCUT2D eigenvalue weighted by Gasteiger charge is -2.32. The van der Waals surface area contributed by atoms with Crippen LogP contribution in [-0.2, 0) is 45.5 Å². The Morgan fingerprint density at radius 1 is 0.808 bits per heavy atom. The van der Waals surface area contributed by atoms with Crippen molar-refractivity contribution in [3.8, 4) is 0 Å². The molecular weight excluding hydrogens is 414 g/mol. The van der Waals surface area contributed by atoms with E-state index in [0.29, 0.717) is 0 Å². The molecule has 0 saturated carbocycles. The first-order valence-corrected chi connectivity index (χ1v) is 14.7. The summed E-state index contributed by atoms with van der Waals surface area (Å²) in [6, 6.07) is 3.73. The Bertz CT molecular complexity index is 845. The number of hydrogen-bond donors (Lipinski definition) is 0. The zero-order chi connectivity index (χ0) is 20.1. The van der Waals surface area contributed by atoms with Gasteiger partial charge < -0.3 is 0 Å². The minimum atomic E-state index is -3.24. The van der Waals surface area contributed by atoms with Crippen LogP contribution in [0.25, 0.3) is 0 Å². The summed E-state index contributed by atoms with van der Waals surface area (Å²) >= 11 is 0. The average molecular weight is 439 g/mol. The molecule has 0 unspecified atom stereocenters. The summed E-state index contributed by atoms with van der Waals surface area (Å²) in [6.07, 6.45) is 2.28. The summed E-state index contributed by atoms with van der Waals surface area (Å²) in [4.78, 5) is 0. The van der Waals surface area contributed by atoms with Crippen molar-refractivity contribution in [2.24, 2.45) is 0 Å². The summed E-state index contributed by atoms with van der Waals surface area (Å²) < 4.78 is 46.2. The smallest absolute Gasteiger partial charge is 0.199 e. The van der Waals surface area contributed by atoms with E-state index in [4.69, 9.17) is 0 Å². The van der Waals surface area contributed by atoms with E-state index in [9.17, 15) is 22.0 Å². The van der Waals surface area contributed by atoms with Crippen molar-refractivity contribution in [2.75, 3.05) is 12.5 Å². The topological polar surface area (TPSA) is 91.4 Å². The second-order valence-corrected chi connectivity index (χ2v) is 16.4. The van der Waals surface area contributed by atoms with Gasteiger partial charge in [-0.1, -0.05) is 12.1 Å². The molecule has 1 aliphatic rings. The van der Waals surface area contributed by atoms with Crippen LogP contribution < -0.4 is 0 Å². The van der Waals surface area contributed by atoms with Crippen LogP contribution in [0.2, 0.25) is 0 Å². The highest BCUT2D eigenvalue weighted by Crippen LogP contribution is 2.49. The monoisotopic (exact) mass is 438 g/mol. The lowest BCUT2D eigenvalue weighted by atomic mass is 9.87. The Hall–Kier alpha value is -0.260. The van der Waals surface area contributed by atoms with Gasteiger partial charge >= 0.3 is 0 Å². The van der Waals surface area contributed by atoms with E-state index >= 15 is 0 Å². The van der Waals surface area contributed by atoms with Gasteiger partial charge in [-0.25, -0.2) is 16.8 Å². The van der Waals surface area contributed by atoms with Gasteiger partial charge in [0.1, 0.15) is 0 Å². The zero-order valence-corrected chi connectivity index (χ0v) is 19.0. The highest BCUT2D eigenvalue weighted by Gasteiger charge is 2.50. The van der Waals surface area contributed by atoms with Crippen LogP contribution in [-0.4, -0.2) is 34.4 Å². The molecule has 0 spiro atoms. The number of fused-ring (bicyclic) bond motifs is 1. The van der Waals surface area contributed by atoms with Crippen molar-refractivity contribution >= 4 is 39.3 Å². The minimum Gasteiger partial charge on any atom is -0.218 e. The molecule has 0 aromatic heterocycles. The molecule has 1 heterocycles. The summed E-state index contributed by atoms with van der Waals surface area (Å²) in [7, 11) is -4.87. The summed E-state index contributed by atoms with van der Waals surface area (Å²) in [6.45, 7) is 7.36. The Kier molecular flexibility index (Phi) is 5.90. The molecule has 1 aromatic rings. The molecule has 0 saturated heterocycles. The predicted molar refractivity (Wildman–Crippen MR) is 107 cm³/mol. The van der Waals surface area contributed by atoms with Crippen LogP contribution in [0.1, 0.15) is 49.9 Å². The Morgan fingerprint density at radius 2 is 1.12 bits per heavy atom. The third-order valence-corrected chi connectivity index (χ3v) is 9.52. The Balaban J connectivity index is 2.57. The highest BCUT2D eigenvalue weighted by molar-refractivity contribution is 8.71. The molecule has 6 nitrogen and oxygen atoms in total. The van der Waals surface area contributed by atoms with Crippen LogP contribution in [0.5, 0.6) is 0 Å². The molecule has 2 rings (SSSR count). The zero-order valence-electron chi connectivity index (χ0n) is 15.7. The standard InChI is InChI=1S/C16H24NO5S4/c1-15(2)13-7-11(9-23-25(5,19)20)12(10-24-26(6,21)22)8-14(13)16(3,4)17(15)18/h7-8H,9-10H2,1-6H3. The van der Waals surface area contributed by atoms with E-state index < -0.39 is 28.8 Å². The minimum absolute atomic E-state index is 0.209. The van der Waals surface area contributed by atoms with Gasteiger partial charge in [-0.05, 0) is 71.5 Å². The molecule has 147 valence electrons. The molecule has 0 atom stereocenters. The van der Waals surface area contributed by atoms with Gasteiger partial charge in [0.15, 0.2) is 17.7 Å². The normalized spacial score (nSPS) is 19.5. The fourth-order valence-corrected chi connectivity index (χ4v) is 6.49. The molecule has 1 radical (unpaired) electrons. The molecule has 0 N–H and O–H groups in total. The molecule has 0 amide bonds. The van der Waals surface area contributed by atoms with Crippen molar-refractivity contribution in [1.29, 1.82) is 0 Å². The first-order valence-electron chi connectivity index (χ1n) is 7.89. The maximum Gasteiger partial charge on any atom is 0.199 e. The number of benzene rings is 1. The van der Waals surface area contributed by atoms with Gasteiger partial charge in [0, 0.05) is 24.0 Å². The summed E-state index contributed by atoms with van der Waals surface area (Å²) in [5, 5.41) is 13.8. The Morgan fingerprint density at radius 3 is 1.38 bits per heavy atom. The van der Waals surface area contributed by atoms with Gasteiger partial charge in [-0.15, -0.1) is 10.3 Å². The van der Waals surface area contributed by atoms with Gasteiger partial charge in [0.2, 0.25) is 0 Å². The first-order chi connectivity index (χ1) is 11.6. The summed E-state index contributed by atoms with van der Waals surface area (Å²) in [5.41, 5.74) is 1.71. The summed E-state index contributed by atoms with van der Waals surface area (Å²) in [5.74, 6) is 0.419. The van der Waals surface area contributed by atoms with E-state index in [0.717, 1.165) is 61.4 Å². The van der Waals surface area contributed by atoms with Crippen LogP contribution in [0.15, 0.2) is 12.1 Å². The van der Waals surface area contributed by atoms with E-state index in [2.05, 4.69) is 0 Å². The fraction of sp³-hybridized carbons (Fsp3) is 0.625. The molecule has 1 aliphatic heterocycles. The number of nitrogens with zero attached hydrogens (tertiary/aromatic N) is 1.